The number of aromatic hydroxyl groups is 1. The fraction of sp³-hybridized carbons (Fsp3) is 0.441. The number of fused-ring (bicyclic) bond motifs is 3. The summed E-state index contributed by atoms with van der Waals surface area (Å²) in [6, 6.07) is 8.80. The number of likely N-dealkylation sites (N-methyl/N-ethyl adjacent to an activating group) is 1. The molecular formula is C34H42N4O7. The zero-order valence-corrected chi connectivity index (χ0v) is 26.7. The van der Waals surface area contributed by atoms with Crippen LogP contribution in [0.4, 0.5) is 11.4 Å². The van der Waals surface area contributed by atoms with Gasteiger partial charge < -0.3 is 36.4 Å². The molecule has 0 aliphatic heterocycles. The quantitative estimate of drug-likeness (QED) is 0.208. The first-order valence-electron chi connectivity index (χ1n) is 14.9. The molecular weight excluding hydrogens is 576 g/mol. The number of hydrogen-bond acceptors (Lipinski definition) is 10. The summed E-state index contributed by atoms with van der Waals surface area (Å²) in [6.45, 7) is 6.78. The minimum absolute atomic E-state index is 0.00443. The summed E-state index contributed by atoms with van der Waals surface area (Å²) in [5, 5.41) is 49.4. The lowest BCUT2D eigenvalue weighted by Crippen LogP contribution is -2.65. The number of benzene rings is 2. The van der Waals surface area contributed by atoms with Crippen LogP contribution in [0.15, 0.2) is 47.2 Å². The largest absolute Gasteiger partial charge is 0.508 e. The number of nitrogens with two attached hydrogens (primary N) is 1. The van der Waals surface area contributed by atoms with Crippen molar-refractivity contribution in [3.8, 4) is 5.75 Å². The Morgan fingerprint density at radius 3 is 2.22 bits per heavy atom. The van der Waals surface area contributed by atoms with E-state index in [1.807, 2.05) is 31.1 Å². The molecule has 45 heavy (non-hydrogen) atoms. The number of carbonyl (C=O) groups is 3. The number of phenolic OH excluding ortho intramolecular Hbond substituents is 1. The first kappa shape index (κ1) is 32.1. The third-order valence-corrected chi connectivity index (χ3v) is 9.48. The first-order valence-corrected chi connectivity index (χ1v) is 14.9. The number of rotatable bonds is 6. The summed E-state index contributed by atoms with van der Waals surface area (Å²) in [5.74, 6) is -6.76. The number of ketones is 2. The Kier molecular flexibility index (Phi) is 7.78. The second-order valence-corrected chi connectivity index (χ2v) is 13.8. The number of nitrogens with one attached hydrogen (secondary N) is 1. The van der Waals surface area contributed by atoms with Gasteiger partial charge in [-0.05, 0) is 61.0 Å². The van der Waals surface area contributed by atoms with Crippen molar-refractivity contribution in [2.75, 3.05) is 38.4 Å². The fourth-order valence-electron chi connectivity index (χ4n) is 7.15. The Labute approximate surface area is 262 Å². The molecule has 1 amide bonds. The SMILES string of the molecule is CN(C)c1cc(NCc2ccc(C(C)(C)C)cc2)c(O)c2c1C[C@H]1C[C@H]3[C@H](N(C)C)C(=O)C(C(N)=O)=C(O)[C@]3(O)C(=O)C1=C2O. The van der Waals surface area contributed by atoms with E-state index < -0.39 is 58.0 Å². The molecule has 0 saturated heterocycles. The lowest BCUT2D eigenvalue weighted by atomic mass is 9.57. The maximum absolute atomic E-state index is 14.2. The predicted molar refractivity (Wildman–Crippen MR) is 171 cm³/mol. The second-order valence-electron chi connectivity index (χ2n) is 13.8. The van der Waals surface area contributed by atoms with Gasteiger partial charge in [-0.2, -0.15) is 0 Å². The van der Waals surface area contributed by atoms with Gasteiger partial charge in [0, 0.05) is 37.8 Å². The highest BCUT2D eigenvalue weighted by atomic mass is 16.3. The van der Waals surface area contributed by atoms with E-state index in [4.69, 9.17) is 5.73 Å². The van der Waals surface area contributed by atoms with Crippen LogP contribution in [0.25, 0.3) is 5.76 Å². The molecule has 11 nitrogen and oxygen atoms in total. The molecule has 11 heteroatoms. The molecule has 3 aliphatic rings. The molecule has 0 bridgehead atoms. The van der Waals surface area contributed by atoms with Crippen molar-refractivity contribution in [3.05, 3.63) is 69.5 Å². The Morgan fingerprint density at radius 1 is 1.07 bits per heavy atom. The van der Waals surface area contributed by atoms with Crippen LogP contribution in [0.3, 0.4) is 0 Å². The van der Waals surface area contributed by atoms with Crippen molar-refractivity contribution in [2.24, 2.45) is 17.6 Å². The maximum Gasteiger partial charge on any atom is 0.255 e. The smallest absolute Gasteiger partial charge is 0.255 e. The average molecular weight is 619 g/mol. The molecule has 3 aliphatic carbocycles. The van der Waals surface area contributed by atoms with Gasteiger partial charge in [-0.3, -0.25) is 19.3 Å². The van der Waals surface area contributed by atoms with Crippen LogP contribution >= 0.6 is 0 Å². The van der Waals surface area contributed by atoms with Gasteiger partial charge in [-0.25, -0.2) is 0 Å². The van der Waals surface area contributed by atoms with Crippen LogP contribution in [0, 0.1) is 11.8 Å². The number of phenols is 1. The van der Waals surface area contributed by atoms with E-state index in [0.717, 1.165) is 5.56 Å². The molecule has 0 spiro atoms. The first-order chi connectivity index (χ1) is 20.9. The number of aliphatic hydroxyl groups is 3. The highest BCUT2D eigenvalue weighted by Gasteiger charge is 2.64. The van der Waals surface area contributed by atoms with Crippen molar-refractivity contribution in [2.45, 2.75) is 57.2 Å². The van der Waals surface area contributed by atoms with Crippen LogP contribution in [0.1, 0.15) is 49.4 Å². The number of aliphatic hydroxyl groups excluding tert-OH is 2. The lowest BCUT2D eigenvalue weighted by molar-refractivity contribution is -0.153. The van der Waals surface area contributed by atoms with E-state index in [9.17, 15) is 34.8 Å². The fourth-order valence-corrected chi connectivity index (χ4v) is 7.15. The van der Waals surface area contributed by atoms with E-state index in [-0.39, 0.29) is 35.1 Å². The summed E-state index contributed by atoms with van der Waals surface area (Å²) in [4.78, 5) is 43.0. The van der Waals surface area contributed by atoms with Gasteiger partial charge in [0.25, 0.3) is 5.91 Å². The highest BCUT2D eigenvalue weighted by molar-refractivity contribution is 6.24. The van der Waals surface area contributed by atoms with Crippen molar-refractivity contribution in [1.82, 2.24) is 4.90 Å². The third kappa shape index (κ3) is 4.94. The number of hydrogen-bond donors (Lipinski definition) is 6. The van der Waals surface area contributed by atoms with Crippen LogP contribution in [-0.4, -0.2) is 82.6 Å². The summed E-state index contributed by atoms with van der Waals surface area (Å²) >= 11 is 0. The van der Waals surface area contributed by atoms with E-state index in [2.05, 4.69) is 38.2 Å². The normalized spacial score (nSPS) is 24.8. The minimum Gasteiger partial charge on any atom is -0.508 e. The Bertz CT molecular complexity index is 1670. The van der Waals surface area contributed by atoms with E-state index in [0.29, 0.717) is 23.5 Å². The minimum atomic E-state index is -2.68. The van der Waals surface area contributed by atoms with Gasteiger partial charge in [0.2, 0.25) is 5.78 Å². The third-order valence-electron chi connectivity index (χ3n) is 9.48. The molecule has 240 valence electrons. The molecule has 2 aromatic rings. The summed E-state index contributed by atoms with van der Waals surface area (Å²) in [5.41, 5.74) is 5.56. The molecule has 2 aromatic carbocycles. The van der Waals surface area contributed by atoms with Crippen molar-refractivity contribution in [3.63, 3.8) is 0 Å². The summed E-state index contributed by atoms with van der Waals surface area (Å²) in [7, 11) is 6.81. The van der Waals surface area contributed by atoms with Gasteiger partial charge in [-0.1, -0.05) is 45.0 Å². The van der Waals surface area contributed by atoms with Crippen LogP contribution < -0.4 is 16.0 Å². The number of primary amides is 1. The zero-order valence-electron chi connectivity index (χ0n) is 26.7. The Morgan fingerprint density at radius 2 is 1.69 bits per heavy atom. The molecule has 5 rings (SSSR count). The molecule has 0 heterocycles. The van der Waals surface area contributed by atoms with Crippen LogP contribution in [0.5, 0.6) is 5.75 Å². The molecule has 1 fully saturated rings. The van der Waals surface area contributed by atoms with Gasteiger partial charge in [0.1, 0.15) is 22.8 Å². The predicted octanol–water partition coefficient (Wildman–Crippen LogP) is 2.94. The molecule has 0 radical (unpaired) electrons. The molecule has 1 saturated carbocycles. The van der Waals surface area contributed by atoms with Crippen LogP contribution in [0.2, 0.25) is 0 Å². The van der Waals surface area contributed by atoms with Crippen molar-refractivity contribution < 1.29 is 34.8 Å². The van der Waals surface area contributed by atoms with Gasteiger partial charge in [0.15, 0.2) is 11.4 Å². The number of nitrogens with zero attached hydrogens (tertiary/aromatic N) is 2. The standard InChI is InChI=1S/C34H42N4O7/c1-33(2,3)18-10-8-16(9-11-18)15-36-21-14-22(37(4)5)19-12-17-13-20-26(38(6)7)29(41)25(32(35)44)31(43)34(20,45)30(42)23(17)28(40)24(19)27(21)39/h8-11,14,17,20,26,36,39-40,43,45H,12-13,15H2,1-7H3,(H2,35,44)/t17-,20-,26-,34+/m0/s1. The topological polar surface area (TPSA) is 177 Å². The number of carbonyl (C=O) groups excluding carboxylic acids is 3. The molecule has 0 unspecified atom stereocenters. The Balaban J connectivity index is 1.61. The number of amides is 1. The summed E-state index contributed by atoms with van der Waals surface area (Å²) < 4.78 is 0. The zero-order chi connectivity index (χ0) is 33.3. The number of Topliss-reactive ketones (excluding diaryl/α,β-unsaturated/α-hetero) is 2. The van der Waals surface area contributed by atoms with Crippen molar-refractivity contribution in [1.29, 1.82) is 0 Å². The van der Waals surface area contributed by atoms with Gasteiger partial charge in [0.05, 0.1) is 17.3 Å². The Hall–Kier alpha value is -4.35. The molecule has 0 aromatic heterocycles. The summed E-state index contributed by atoms with van der Waals surface area (Å²) in [6.07, 6.45) is 0.244. The van der Waals surface area contributed by atoms with E-state index in [1.165, 1.54) is 10.5 Å². The van der Waals surface area contributed by atoms with Gasteiger partial charge >= 0.3 is 0 Å². The van der Waals surface area contributed by atoms with Crippen LogP contribution in [-0.2, 0) is 32.8 Å². The highest BCUT2D eigenvalue weighted by Crippen LogP contribution is 2.54. The monoisotopic (exact) mass is 618 g/mol. The average Bonchev–Trinajstić information content (AvgIpc) is 2.93. The molecule has 4 atom stereocenters. The maximum atomic E-state index is 14.2. The second kappa shape index (κ2) is 10.9. The molecule has 7 N–H and O–H groups in total. The van der Waals surface area contributed by atoms with E-state index >= 15 is 0 Å². The lowest BCUT2D eigenvalue weighted by Gasteiger charge is -2.50. The van der Waals surface area contributed by atoms with E-state index in [1.54, 1.807) is 20.2 Å². The number of anilines is 2. The van der Waals surface area contributed by atoms with Gasteiger partial charge in [-0.15, -0.1) is 0 Å². The van der Waals surface area contributed by atoms with Crippen molar-refractivity contribution >= 4 is 34.6 Å².